The minimum Gasteiger partial charge on any atom is -0.513 e. The number of aliphatic hydroxyl groups excluding tert-OH is 1. The van der Waals surface area contributed by atoms with Crippen LogP contribution in [0.2, 0.25) is 0 Å². The number of carbonyl (C=O) groups is 1. The predicted octanol–water partition coefficient (Wildman–Crippen LogP) is 3.93. The minimum absolute atomic E-state index is 0.143. The van der Waals surface area contributed by atoms with Crippen LogP contribution >= 0.6 is 0 Å². The van der Waals surface area contributed by atoms with E-state index in [1.54, 1.807) is 13.0 Å². The highest BCUT2D eigenvalue weighted by molar-refractivity contribution is 5.98. The third-order valence-electron chi connectivity index (χ3n) is 2.40. The van der Waals surface area contributed by atoms with Gasteiger partial charge in [0.1, 0.15) is 0 Å². The van der Waals surface area contributed by atoms with Crippen molar-refractivity contribution in [2.24, 2.45) is 0 Å². The van der Waals surface area contributed by atoms with Crippen LogP contribution in [0.1, 0.15) is 53.4 Å². The lowest BCUT2D eigenvalue weighted by molar-refractivity contribution is -0.115. The quantitative estimate of drug-likeness (QED) is 0.409. The summed E-state index contributed by atoms with van der Waals surface area (Å²) in [5.41, 5.74) is 1.73. The van der Waals surface area contributed by atoms with Crippen molar-refractivity contribution in [3.05, 3.63) is 23.0 Å². The highest BCUT2D eigenvalue weighted by Crippen LogP contribution is 2.15. The van der Waals surface area contributed by atoms with Gasteiger partial charge in [0, 0.05) is 12.0 Å². The van der Waals surface area contributed by atoms with Gasteiger partial charge in [-0.15, -0.1) is 0 Å². The second kappa shape index (κ2) is 7.27. The zero-order chi connectivity index (χ0) is 11.8. The standard InChI is InChI=1S/C13H22O2/c1-5-7-8-13(15)12(9-11(4)14)10(3)6-2/h9,14H,5-8H2,1-4H3/b11-9+,12-10-. The zero-order valence-corrected chi connectivity index (χ0v) is 10.3. The number of ketones is 1. The summed E-state index contributed by atoms with van der Waals surface area (Å²) in [4.78, 5) is 11.8. The van der Waals surface area contributed by atoms with E-state index < -0.39 is 0 Å². The Labute approximate surface area is 92.7 Å². The fourth-order valence-corrected chi connectivity index (χ4v) is 1.31. The number of rotatable bonds is 6. The van der Waals surface area contributed by atoms with Crippen molar-refractivity contribution < 1.29 is 9.90 Å². The summed E-state index contributed by atoms with van der Waals surface area (Å²) in [5.74, 6) is 0.340. The van der Waals surface area contributed by atoms with Crippen molar-refractivity contribution in [3.8, 4) is 0 Å². The Kier molecular flexibility index (Phi) is 6.76. The van der Waals surface area contributed by atoms with Crippen LogP contribution in [0.5, 0.6) is 0 Å². The van der Waals surface area contributed by atoms with Crippen molar-refractivity contribution in [3.63, 3.8) is 0 Å². The number of allylic oxidation sites excluding steroid dienone is 4. The summed E-state index contributed by atoms with van der Waals surface area (Å²) in [5, 5.41) is 9.22. The summed E-state index contributed by atoms with van der Waals surface area (Å²) in [7, 11) is 0. The Hall–Kier alpha value is -1.05. The van der Waals surface area contributed by atoms with Gasteiger partial charge >= 0.3 is 0 Å². The lowest BCUT2D eigenvalue weighted by Crippen LogP contribution is -2.03. The molecule has 2 heteroatoms. The second-order valence-corrected chi connectivity index (χ2v) is 3.86. The van der Waals surface area contributed by atoms with Crippen molar-refractivity contribution in [1.29, 1.82) is 0 Å². The number of Topliss-reactive ketones (excluding diaryl/α,β-unsaturated/α-hetero) is 1. The van der Waals surface area contributed by atoms with Crippen molar-refractivity contribution >= 4 is 5.78 Å². The molecule has 0 spiro atoms. The smallest absolute Gasteiger partial charge is 0.162 e. The molecular formula is C13H22O2. The molecule has 0 amide bonds. The Balaban J connectivity index is 4.81. The fourth-order valence-electron chi connectivity index (χ4n) is 1.31. The molecule has 2 nitrogen and oxygen atoms in total. The van der Waals surface area contributed by atoms with Gasteiger partial charge < -0.3 is 5.11 Å². The number of carbonyl (C=O) groups excluding carboxylic acids is 1. The van der Waals surface area contributed by atoms with Crippen LogP contribution in [0, 0.1) is 0 Å². The summed E-state index contributed by atoms with van der Waals surface area (Å²) in [6.07, 6.45) is 4.93. The number of aliphatic hydroxyl groups is 1. The molecule has 0 aliphatic heterocycles. The average molecular weight is 210 g/mol. The Bertz CT molecular complexity index is 268. The lowest BCUT2D eigenvalue weighted by atomic mass is 9.99. The number of hydrogen-bond acceptors (Lipinski definition) is 2. The molecule has 0 aromatic rings. The SMILES string of the molecule is CCCCC(=O)C(/C=C(\C)O)=C(/C)CC. The van der Waals surface area contributed by atoms with Crippen molar-refractivity contribution in [2.75, 3.05) is 0 Å². The molecule has 0 rings (SSSR count). The second-order valence-electron chi connectivity index (χ2n) is 3.86. The zero-order valence-electron chi connectivity index (χ0n) is 10.3. The molecule has 0 unspecified atom stereocenters. The van der Waals surface area contributed by atoms with Gasteiger partial charge in [-0.2, -0.15) is 0 Å². The van der Waals surface area contributed by atoms with Crippen molar-refractivity contribution in [2.45, 2.75) is 53.4 Å². The summed E-state index contributed by atoms with van der Waals surface area (Å²) in [6.45, 7) is 7.62. The van der Waals surface area contributed by atoms with Gasteiger partial charge in [0.05, 0.1) is 5.76 Å². The van der Waals surface area contributed by atoms with Crippen LogP contribution in [-0.2, 0) is 4.79 Å². The van der Waals surface area contributed by atoms with Crippen LogP contribution in [-0.4, -0.2) is 10.9 Å². The molecule has 0 aromatic carbocycles. The monoisotopic (exact) mass is 210 g/mol. The Morgan fingerprint density at radius 1 is 1.27 bits per heavy atom. The van der Waals surface area contributed by atoms with Gasteiger partial charge in [-0.1, -0.05) is 25.8 Å². The highest BCUT2D eigenvalue weighted by atomic mass is 16.3. The maximum atomic E-state index is 11.8. The predicted molar refractivity (Wildman–Crippen MR) is 63.9 cm³/mol. The van der Waals surface area contributed by atoms with Gasteiger partial charge in [-0.05, 0) is 32.8 Å². The first kappa shape index (κ1) is 13.9. The first-order chi connectivity index (χ1) is 7.02. The van der Waals surface area contributed by atoms with Gasteiger partial charge in [-0.3, -0.25) is 4.79 Å². The van der Waals surface area contributed by atoms with E-state index in [1.807, 2.05) is 13.8 Å². The number of hydrogen-bond donors (Lipinski definition) is 1. The summed E-state index contributed by atoms with van der Waals surface area (Å²) < 4.78 is 0. The van der Waals surface area contributed by atoms with E-state index in [0.717, 1.165) is 24.8 Å². The largest absolute Gasteiger partial charge is 0.513 e. The number of unbranched alkanes of at least 4 members (excludes halogenated alkanes) is 1. The van der Waals surface area contributed by atoms with E-state index in [0.29, 0.717) is 12.0 Å². The maximum Gasteiger partial charge on any atom is 0.162 e. The molecule has 86 valence electrons. The first-order valence-electron chi connectivity index (χ1n) is 5.63. The van der Waals surface area contributed by atoms with Crippen LogP contribution in [0.15, 0.2) is 23.0 Å². The molecule has 0 fully saturated rings. The molecule has 0 atom stereocenters. The fraction of sp³-hybridized carbons (Fsp3) is 0.615. The molecule has 15 heavy (non-hydrogen) atoms. The molecule has 0 aliphatic rings. The molecule has 1 N–H and O–H groups in total. The van der Waals surface area contributed by atoms with E-state index in [9.17, 15) is 9.90 Å². The molecule has 0 saturated heterocycles. The van der Waals surface area contributed by atoms with E-state index >= 15 is 0 Å². The molecule has 0 radical (unpaired) electrons. The topological polar surface area (TPSA) is 37.3 Å². The van der Waals surface area contributed by atoms with Gasteiger partial charge in [0.25, 0.3) is 0 Å². The van der Waals surface area contributed by atoms with E-state index in [-0.39, 0.29) is 11.5 Å². The normalized spacial score (nSPS) is 13.7. The van der Waals surface area contributed by atoms with E-state index in [1.165, 1.54) is 0 Å². The van der Waals surface area contributed by atoms with Crippen molar-refractivity contribution in [1.82, 2.24) is 0 Å². The van der Waals surface area contributed by atoms with Gasteiger partial charge in [0.2, 0.25) is 0 Å². The molecule has 0 heterocycles. The highest BCUT2D eigenvalue weighted by Gasteiger charge is 2.09. The molecule has 0 saturated carbocycles. The summed E-state index contributed by atoms with van der Waals surface area (Å²) in [6, 6.07) is 0. The van der Waals surface area contributed by atoms with Gasteiger partial charge in [-0.25, -0.2) is 0 Å². The molecule has 0 aliphatic carbocycles. The van der Waals surface area contributed by atoms with Crippen LogP contribution in [0.25, 0.3) is 0 Å². The lowest BCUT2D eigenvalue weighted by Gasteiger charge is -2.06. The third-order valence-corrected chi connectivity index (χ3v) is 2.40. The molecular weight excluding hydrogens is 188 g/mol. The van der Waals surface area contributed by atoms with Crippen LogP contribution in [0.3, 0.4) is 0 Å². The Morgan fingerprint density at radius 2 is 1.87 bits per heavy atom. The first-order valence-corrected chi connectivity index (χ1v) is 5.63. The maximum absolute atomic E-state index is 11.8. The van der Waals surface area contributed by atoms with Crippen LogP contribution in [0.4, 0.5) is 0 Å². The minimum atomic E-state index is 0.143. The van der Waals surface area contributed by atoms with E-state index in [4.69, 9.17) is 0 Å². The molecule has 0 aromatic heterocycles. The third kappa shape index (κ3) is 5.40. The van der Waals surface area contributed by atoms with Gasteiger partial charge in [0.15, 0.2) is 5.78 Å². The summed E-state index contributed by atoms with van der Waals surface area (Å²) >= 11 is 0. The Morgan fingerprint density at radius 3 is 2.27 bits per heavy atom. The van der Waals surface area contributed by atoms with Crippen LogP contribution < -0.4 is 0 Å². The van der Waals surface area contributed by atoms with E-state index in [2.05, 4.69) is 6.92 Å². The average Bonchev–Trinajstić information content (AvgIpc) is 2.21. The molecule has 0 bridgehead atoms.